The van der Waals surface area contributed by atoms with E-state index in [4.69, 9.17) is 4.74 Å². The molecule has 2 aromatic heterocycles. The van der Waals surface area contributed by atoms with E-state index in [2.05, 4.69) is 26.1 Å². The van der Waals surface area contributed by atoms with Crippen molar-refractivity contribution in [3.05, 3.63) is 38.6 Å². The van der Waals surface area contributed by atoms with Crippen LogP contribution in [0.15, 0.2) is 28.9 Å². The molecule has 26 heavy (non-hydrogen) atoms. The van der Waals surface area contributed by atoms with Crippen LogP contribution in [0.2, 0.25) is 0 Å². The molecule has 1 aliphatic carbocycles. The Morgan fingerprint density at radius 3 is 2.77 bits per heavy atom. The van der Waals surface area contributed by atoms with Crippen LogP contribution in [0.5, 0.6) is 5.88 Å². The Balaban J connectivity index is 1.42. The molecule has 0 N–H and O–H groups in total. The number of amides is 1. The second-order valence-electron chi connectivity index (χ2n) is 6.56. The Morgan fingerprint density at radius 2 is 2.08 bits per heavy atom. The Bertz CT molecular complexity index is 802. The third-order valence-corrected chi connectivity index (χ3v) is 6.51. The molecular weight excluding hydrogens is 428 g/mol. The summed E-state index contributed by atoms with van der Waals surface area (Å²) in [5.41, 5.74) is 0. The third-order valence-electron chi connectivity index (χ3n) is 5.01. The quantitative estimate of drug-likeness (QED) is 0.711. The molecule has 2 fully saturated rings. The number of thiophene rings is 1. The molecule has 2 aliphatic rings. The molecule has 2 aromatic rings. The molecule has 0 aromatic carbocycles. The van der Waals surface area contributed by atoms with E-state index >= 15 is 0 Å². The highest BCUT2D eigenvalue weighted by Crippen LogP contribution is 2.41. The highest BCUT2D eigenvalue weighted by atomic mass is 79.9. The van der Waals surface area contributed by atoms with Gasteiger partial charge in [0, 0.05) is 25.1 Å². The van der Waals surface area contributed by atoms with Crippen LogP contribution in [0.3, 0.4) is 0 Å². The fourth-order valence-electron chi connectivity index (χ4n) is 3.79. The maximum atomic E-state index is 12.7. The smallest absolute Gasteiger partial charge is 0.272 e. The number of likely N-dealkylation sites (tertiary alicyclic amines) is 1. The largest absolute Gasteiger partial charge is 0.473 e. The summed E-state index contributed by atoms with van der Waals surface area (Å²) in [7, 11) is 0. The van der Waals surface area contributed by atoms with E-state index in [1.165, 1.54) is 12.1 Å². The fourth-order valence-corrected chi connectivity index (χ4v) is 4.83. The van der Waals surface area contributed by atoms with Crippen molar-refractivity contribution in [2.75, 3.05) is 13.1 Å². The number of nitrogens with zero attached hydrogens (tertiary/aromatic N) is 3. The molecule has 138 valence electrons. The zero-order chi connectivity index (χ0) is 18.3. The van der Waals surface area contributed by atoms with Crippen molar-refractivity contribution in [1.82, 2.24) is 15.1 Å². The molecule has 1 saturated carbocycles. The van der Waals surface area contributed by atoms with Crippen LogP contribution in [-0.2, 0) is 0 Å². The Morgan fingerprint density at radius 1 is 1.23 bits per heavy atom. The predicted octanol–water partition coefficient (Wildman–Crippen LogP) is 4.17. The summed E-state index contributed by atoms with van der Waals surface area (Å²) < 4.78 is 32.1. The molecule has 0 unspecified atom stereocenters. The number of hydrogen-bond acceptors (Lipinski definition) is 5. The number of ether oxygens (including phenoxy) is 1. The standard InChI is InChI=1S/C17H16BrF2N3O2S/c18-14-5-6-15(22-21-14)25-11-2-1-9-7-23(8-10(9)11)17(24)13-4-3-12(26-13)16(19)20/h3-6,9-11,16H,1-2,7-8H2/t9-,10+,11+/m0/s1. The fraction of sp³-hybridized carbons (Fsp3) is 0.471. The lowest BCUT2D eigenvalue weighted by Gasteiger charge is -2.21. The number of aromatic nitrogens is 2. The summed E-state index contributed by atoms with van der Waals surface area (Å²) in [5.74, 6) is 0.919. The molecule has 1 amide bonds. The number of carbonyl (C=O) groups is 1. The van der Waals surface area contributed by atoms with E-state index < -0.39 is 6.43 Å². The Hall–Kier alpha value is -1.61. The summed E-state index contributed by atoms with van der Waals surface area (Å²) in [6.07, 6.45) is -0.642. The van der Waals surface area contributed by atoms with Gasteiger partial charge in [0.05, 0.1) is 9.75 Å². The molecule has 1 aliphatic heterocycles. The van der Waals surface area contributed by atoms with Crippen LogP contribution in [0.4, 0.5) is 8.78 Å². The van der Waals surface area contributed by atoms with E-state index in [1.807, 2.05) is 0 Å². The van der Waals surface area contributed by atoms with Crippen molar-refractivity contribution in [2.45, 2.75) is 25.4 Å². The average molecular weight is 444 g/mol. The summed E-state index contributed by atoms with van der Waals surface area (Å²) in [6.45, 7) is 1.23. The van der Waals surface area contributed by atoms with Crippen molar-refractivity contribution < 1.29 is 18.3 Å². The Labute approximate surface area is 161 Å². The molecule has 3 atom stereocenters. The number of rotatable bonds is 4. The number of halogens is 3. The van der Waals surface area contributed by atoms with Gasteiger partial charge in [0.1, 0.15) is 10.7 Å². The maximum absolute atomic E-state index is 12.7. The van der Waals surface area contributed by atoms with Gasteiger partial charge in [-0.15, -0.1) is 21.5 Å². The molecule has 3 heterocycles. The van der Waals surface area contributed by atoms with Crippen LogP contribution >= 0.6 is 27.3 Å². The molecule has 0 radical (unpaired) electrons. The second-order valence-corrected chi connectivity index (χ2v) is 8.49. The number of fused-ring (bicyclic) bond motifs is 1. The van der Waals surface area contributed by atoms with Gasteiger partial charge < -0.3 is 9.64 Å². The lowest BCUT2D eigenvalue weighted by Crippen LogP contribution is -2.32. The molecule has 1 saturated heterocycles. The van der Waals surface area contributed by atoms with E-state index in [9.17, 15) is 13.6 Å². The van der Waals surface area contributed by atoms with Gasteiger partial charge in [-0.2, -0.15) is 0 Å². The molecular formula is C17H16BrF2N3O2S. The topological polar surface area (TPSA) is 55.3 Å². The molecule has 0 bridgehead atoms. The van der Waals surface area contributed by atoms with E-state index in [0.29, 0.717) is 34.4 Å². The zero-order valence-corrected chi connectivity index (χ0v) is 16.1. The van der Waals surface area contributed by atoms with E-state index in [0.717, 1.165) is 24.2 Å². The van der Waals surface area contributed by atoms with E-state index in [-0.39, 0.29) is 22.8 Å². The minimum atomic E-state index is -2.54. The van der Waals surface area contributed by atoms with Gasteiger partial charge >= 0.3 is 0 Å². The number of carbonyl (C=O) groups excluding carboxylic acids is 1. The normalized spacial score (nSPS) is 24.9. The van der Waals surface area contributed by atoms with Crippen LogP contribution in [0.25, 0.3) is 0 Å². The lowest BCUT2D eigenvalue weighted by atomic mass is 9.99. The van der Waals surface area contributed by atoms with Crippen LogP contribution < -0.4 is 4.74 Å². The molecule has 0 spiro atoms. The van der Waals surface area contributed by atoms with Gasteiger partial charge in [-0.3, -0.25) is 4.79 Å². The van der Waals surface area contributed by atoms with Gasteiger partial charge in [0.2, 0.25) is 5.88 Å². The van der Waals surface area contributed by atoms with Gasteiger partial charge in [-0.05, 0) is 52.9 Å². The predicted molar refractivity (Wildman–Crippen MR) is 95.5 cm³/mol. The molecule has 5 nitrogen and oxygen atoms in total. The maximum Gasteiger partial charge on any atom is 0.272 e. The average Bonchev–Trinajstić information content (AvgIpc) is 3.33. The number of hydrogen-bond donors (Lipinski definition) is 0. The van der Waals surface area contributed by atoms with Crippen LogP contribution in [0, 0.1) is 11.8 Å². The van der Waals surface area contributed by atoms with Crippen molar-refractivity contribution in [1.29, 1.82) is 0 Å². The minimum absolute atomic E-state index is 0.00626. The first-order chi connectivity index (χ1) is 12.5. The van der Waals surface area contributed by atoms with Gasteiger partial charge in [-0.25, -0.2) is 8.78 Å². The minimum Gasteiger partial charge on any atom is -0.473 e. The first-order valence-electron chi connectivity index (χ1n) is 8.34. The first kappa shape index (κ1) is 17.8. The summed E-state index contributed by atoms with van der Waals surface area (Å²) in [4.78, 5) is 14.7. The monoisotopic (exact) mass is 443 g/mol. The Kier molecular flexibility index (Phi) is 4.92. The highest BCUT2D eigenvalue weighted by molar-refractivity contribution is 9.10. The summed E-state index contributed by atoms with van der Waals surface area (Å²) in [6, 6.07) is 6.36. The first-order valence-corrected chi connectivity index (χ1v) is 9.95. The summed E-state index contributed by atoms with van der Waals surface area (Å²) >= 11 is 4.11. The van der Waals surface area contributed by atoms with Crippen molar-refractivity contribution >= 4 is 33.2 Å². The van der Waals surface area contributed by atoms with Crippen molar-refractivity contribution in [3.8, 4) is 5.88 Å². The third kappa shape index (κ3) is 3.46. The van der Waals surface area contributed by atoms with Crippen LogP contribution in [0.1, 0.15) is 33.8 Å². The molecule has 4 rings (SSSR count). The lowest BCUT2D eigenvalue weighted by molar-refractivity contribution is 0.0765. The zero-order valence-electron chi connectivity index (χ0n) is 13.6. The SMILES string of the molecule is O=C(c1ccc(C(F)F)s1)N1C[C@@H]2CC[C@@H](Oc3ccc(Br)nn3)[C@@H]2C1. The van der Waals surface area contributed by atoms with Crippen molar-refractivity contribution in [2.24, 2.45) is 11.8 Å². The number of alkyl halides is 2. The molecule has 9 heteroatoms. The summed E-state index contributed by atoms with van der Waals surface area (Å²) in [5, 5.41) is 7.93. The van der Waals surface area contributed by atoms with Gasteiger partial charge in [0.15, 0.2) is 0 Å². The highest BCUT2D eigenvalue weighted by Gasteiger charge is 2.45. The van der Waals surface area contributed by atoms with Gasteiger partial charge in [-0.1, -0.05) is 0 Å². The van der Waals surface area contributed by atoms with Crippen molar-refractivity contribution in [3.63, 3.8) is 0 Å². The second kappa shape index (κ2) is 7.19. The van der Waals surface area contributed by atoms with E-state index in [1.54, 1.807) is 17.0 Å². The van der Waals surface area contributed by atoms with Gasteiger partial charge in [0.25, 0.3) is 12.3 Å². The van der Waals surface area contributed by atoms with Crippen LogP contribution in [-0.4, -0.2) is 40.2 Å².